The van der Waals surface area contributed by atoms with Crippen LogP contribution in [0.5, 0.6) is 0 Å². The van der Waals surface area contributed by atoms with Gasteiger partial charge < -0.3 is 5.32 Å². The van der Waals surface area contributed by atoms with Crippen molar-refractivity contribution in [2.75, 3.05) is 6.54 Å². The highest BCUT2D eigenvalue weighted by Gasteiger charge is 1.93. The number of nitrogens with zero attached hydrogens (tertiary/aromatic N) is 1. The Morgan fingerprint density at radius 2 is 2.20 bits per heavy atom. The minimum absolute atomic E-state index is 0.444. The third kappa shape index (κ3) is 5.23. The summed E-state index contributed by atoms with van der Waals surface area (Å²) in [6, 6.07) is -0.810. The third-order valence-corrected chi connectivity index (χ3v) is 0.999. The summed E-state index contributed by atoms with van der Waals surface area (Å²) in [7, 11) is -2.64. The minimum Gasteiger partial charge on any atom is -0.335 e. The first kappa shape index (κ1) is 9.09. The molecule has 0 saturated carbocycles. The fourth-order valence-corrected chi connectivity index (χ4v) is 0.532. The molecule has 0 heterocycles. The predicted octanol–water partition coefficient (Wildman–Crippen LogP) is 0.169. The molecule has 1 N–H and O–H groups in total. The summed E-state index contributed by atoms with van der Waals surface area (Å²) < 4.78 is 22.2. The highest BCUT2D eigenvalue weighted by molar-refractivity contribution is 7.62. The van der Waals surface area contributed by atoms with Crippen molar-refractivity contribution in [2.24, 2.45) is 4.36 Å². The van der Waals surface area contributed by atoms with Gasteiger partial charge in [0.15, 0.2) is 0 Å². The van der Waals surface area contributed by atoms with Crippen molar-refractivity contribution in [3.63, 3.8) is 0 Å². The van der Waals surface area contributed by atoms with Crippen LogP contribution in [-0.4, -0.2) is 21.0 Å². The molecule has 6 heteroatoms. The van der Waals surface area contributed by atoms with E-state index in [2.05, 4.69) is 9.68 Å². The van der Waals surface area contributed by atoms with E-state index in [0.29, 0.717) is 6.54 Å². The van der Waals surface area contributed by atoms with Crippen molar-refractivity contribution in [3.05, 3.63) is 0 Å². The number of hydrogen-bond acceptors (Lipinski definition) is 3. The van der Waals surface area contributed by atoms with Crippen molar-refractivity contribution in [1.29, 1.82) is 0 Å². The Bertz CT molecular complexity index is 223. The van der Waals surface area contributed by atoms with Gasteiger partial charge in [-0.3, -0.25) is 0 Å². The lowest BCUT2D eigenvalue weighted by Crippen LogP contribution is -2.19. The summed E-state index contributed by atoms with van der Waals surface area (Å²) in [5, 5.41) is 2.26. The molecule has 0 fully saturated rings. The largest absolute Gasteiger partial charge is 0.355 e. The summed E-state index contributed by atoms with van der Waals surface area (Å²) in [5.74, 6) is 0. The summed E-state index contributed by atoms with van der Waals surface area (Å²) in [6.45, 7) is 2.30. The molecule has 0 spiro atoms. The fraction of sp³-hybridized carbons (Fsp3) is 0.750. The molecule has 0 radical (unpaired) electrons. The second kappa shape index (κ2) is 4.92. The Hall–Kier alpha value is -0.910. The minimum atomic E-state index is -2.64. The van der Waals surface area contributed by atoms with Crippen LogP contribution >= 0.6 is 0 Å². The Kier molecular flexibility index (Phi) is 4.47. The van der Waals surface area contributed by atoms with E-state index in [-0.39, 0.29) is 0 Å². The van der Waals surface area contributed by atoms with E-state index < -0.39 is 16.5 Å². The maximum absolute atomic E-state index is 10.3. The number of hydrogen-bond donors (Lipinski definition) is 1. The van der Waals surface area contributed by atoms with Crippen LogP contribution in [0.1, 0.15) is 13.3 Å². The lowest BCUT2D eigenvalue weighted by Gasteiger charge is -1.92. The van der Waals surface area contributed by atoms with E-state index in [1.54, 1.807) is 0 Å². The smallest absolute Gasteiger partial charge is 0.335 e. The Balaban J connectivity index is 3.77. The molecule has 0 aliphatic rings. The Labute approximate surface area is 60.1 Å². The molecule has 0 aliphatic heterocycles. The molecular weight excluding hydrogens is 156 g/mol. The van der Waals surface area contributed by atoms with E-state index in [1.807, 2.05) is 6.92 Å². The van der Waals surface area contributed by atoms with Gasteiger partial charge in [0.25, 0.3) is 0 Å². The molecule has 0 unspecified atom stereocenters. The highest BCUT2D eigenvalue weighted by Crippen LogP contribution is 1.74. The third-order valence-electron chi connectivity index (χ3n) is 0.684. The van der Waals surface area contributed by atoms with Crippen LogP contribution in [0, 0.1) is 0 Å². The zero-order chi connectivity index (χ0) is 7.98. The first-order valence-electron chi connectivity index (χ1n) is 2.75. The molecule has 0 bridgehead atoms. The van der Waals surface area contributed by atoms with E-state index >= 15 is 0 Å². The molecule has 0 atom stereocenters. The molecule has 0 aromatic carbocycles. The molecule has 0 saturated heterocycles. The fourth-order valence-electron chi connectivity index (χ4n) is 0.332. The molecule has 0 rings (SSSR count). The van der Waals surface area contributed by atoms with Crippen molar-refractivity contribution >= 4 is 16.5 Å². The number of carbonyl (C=O) groups is 1. The van der Waals surface area contributed by atoms with Gasteiger partial charge in [0.2, 0.25) is 0 Å². The summed E-state index contributed by atoms with van der Waals surface area (Å²) in [6.07, 6.45) is 0.757. The van der Waals surface area contributed by atoms with Crippen molar-refractivity contribution in [2.45, 2.75) is 13.3 Å². The standard InChI is InChI=1S/C4H8N2O3S/c1-2-3-5-4(7)6-10(8)9/h2-3H2,1H3,(H,5,7). The number of amides is 2. The molecule has 10 heavy (non-hydrogen) atoms. The molecule has 0 aromatic rings. The highest BCUT2D eigenvalue weighted by atomic mass is 32.2. The zero-order valence-corrected chi connectivity index (χ0v) is 6.31. The van der Waals surface area contributed by atoms with Gasteiger partial charge >= 0.3 is 16.5 Å². The topological polar surface area (TPSA) is 75.6 Å². The SMILES string of the molecule is CCCNC(=O)N=S(=O)=O. The van der Waals surface area contributed by atoms with Crippen LogP contribution in [0.2, 0.25) is 0 Å². The second-order valence-electron chi connectivity index (χ2n) is 1.54. The lowest BCUT2D eigenvalue weighted by molar-refractivity contribution is 0.249. The maximum atomic E-state index is 10.3. The summed E-state index contributed by atoms with van der Waals surface area (Å²) >= 11 is 0. The van der Waals surface area contributed by atoms with Gasteiger partial charge in [-0.15, -0.1) is 0 Å². The monoisotopic (exact) mass is 164 g/mol. The van der Waals surface area contributed by atoms with Crippen molar-refractivity contribution in [3.8, 4) is 0 Å². The lowest BCUT2D eigenvalue weighted by atomic mass is 10.5. The van der Waals surface area contributed by atoms with Gasteiger partial charge in [0.1, 0.15) is 0 Å². The molecule has 0 aromatic heterocycles. The predicted molar refractivity (Wildman–Crippen MR) is 35.0 cm³/mol. The Morgan fingerprint density at radius 1 is 1.60 bits per heavy atom. The number of nitrogens with one attached hydrogen (secondary N) is 1. The Morgan fingerprint density at radius 3 is 2.60 bits per heavy atom. The van der Waals surface area contributed by atoms with E-state index in [9.17, 15) is 13.2 Å². The molecule has 0 aliphatic carbocycles. The number of urea groups is 1. The van der Waals surface area contributed by atoms with E-state index in [1.165, 1.54) is 0 Å². The van der Waals surface area contributed by atoms with Crippen LogP contribution in [0.3, 0.4) is 0 Å². The summed E-state index contributed by atoms with van der Waals surface area (Å²) in [5.41, 5.74) is 0. The second-order valence-corrected chi connectivity index (χ2v) is 2.16. The van der Waals surface area contributed by atoms with Gasteiger partial charge in [-0.2, -0.15) is 8.42 Å². The van der Waals surface area contributed by atoms with Gasteiger partial charge in [0, 0.05) is 6.54 Å². The zero-order valence-electron chi connectivity index (χ0n) is 5.49. The summed E-state index contributed by atoms with van der Waals surface area (Å²) in [4.78, 5) is 10.3. The van der Waals surface area contributed by atoms with Gasteiger partial charge in [-0.1, -0.05) is 11.3 Å². The normalized spacial score (nSPS) is 8.50. The van der Waals surface area contributed by atoms with E-state index in [4.69, 9.17) is 0 Å². The molecular formula is C4H8N2O3S. The van der Waals surface area contributed by atoms with Crippen LogP contribution < -0.4 is 5.32 Å². The average molecular weight is 164 g/mol. The molecule has 5 nitrogen and oxygen atoms in total. The molecule has 58 valence electrons. The van der Waals surface area contributed by atoms with Crippen LogP contribution in [-0.2, 0) is 10.5 Å². The van der Waals surface area contributed by atoms with Gasteiger partial charge in [-0.25, -0.2) is 4.79 Å². The average Bonchev–Trinajstić information content (AvgIpc) is 1.82. The van der Waals surface area contributed by atoms with Crippen LogP contribution in [0.25, 0.3) is 0 Å². The quantitative estimate of drug-likeness (QED) is 0.632. The van der Waals surface area contributed by atoms with Crippen molar-refractivity contribution in [1.82, 2.24) is 5.32 Å². The number of rotatable bonds is 2. The first-order valence-corrected chi connectivity index (χ1v) is 3.79. The van der Waals surface area contributed by atoms with E-state index in [0.717, 1.165) is 6.42 Å². The maximum Gasteiger partial charge on any atom is 0.355 e. The van der Waals surface area contributed by atoms with Crippen LogP contribution in [0.15, 0.2) is 4.36 Å². The van der Waals surface area contributed by atoms with Gasteiger partial charge in [0.05, 0.1) is 0 Å². The number of carbonyl (C=O) groups excluding carboxylic acids is 1. The molecule has 2 amide bonds. The van der Waals surface area contributed by atoms with Crippen LogP contribution in [0.4, 0.5) is 4.79 Å². The van der Waals surface area contributed by atoms with Gasteiger partial charge in [-0.05, 0) is 6.42 Å². The first-order chi connectivity index (χ1) is 4.66. The van der Waals surface area contributed by atoms with Crippen molar-refractivity contribution < 1.29 is 13.2 Å².